The number of fused-ring (bicyclic) bond motifs is 1. The van der Waals surface area contributed by atoms with Crippen molar-refractivity contribution in [2.75, 3.05) is 0 Å². The van der Waals surface area contributed by atoms with Gasteiger partial charge in [0, 0.05) is 17.5 Å². The highest BCUT2D eigenvalue weighted by Crippen LogP contribution is 2.43. The first kappa shape index (κ1) is 16.4. The molecule has 2 N–H and O–H groups in total. The van der Waals surface area contributed by atoms with Crippen molar-refractivity contribution in [2.45, 2.75) is 25.3 Å². The van der Waals surface area contributed by atoms with Crippen LogP contribution in [0.3, 0.4) is 0 Å². The minimum Gasteiger partial charge on any atom is -0.348 e. The third-order valence-electron chi connectivity index (χ3n) is 4.46. The van der Waals surface area contributed by atoms with Gasteiger partial charge >= 0.3 is 0 Å². The number of nitrogens with one attached hydrogen (secondary N) is 2. The first-order chi connectivity index (χ1) is 12.0. The first-order valence-corrected chi connectivity index (χ1v) is 8.68. The number of carbonyl (C=O) groups excluding carboxylic acids is 1. The van der Waals surface area contributed by atoms with Gasteiger partial charge in [-0.2, -0.15) is 5.10 Å². The van der Waals surface area contributed by atoms with Crippen LogP contribution in [0.25, 0.3) is 10.9 Å². The van der Waals surface area contributed by atoms with Gasteiger partial charge in [0.1, 0.15) is 5.82 Å². The van der Waals surface area contributed by atoms with Gasteiger partial charge in [-0.05, 0) is 48.1 Å². The fourth-order valence-electron chi connectivity index (χ4n) is 3.02. The Balaban J connectivity index is 1.61. The standard InChI is InChI=1S/C18H14Cl2FN3O/c19-14-5-10(6-15(21)17(14)20)18(25)22-7-12-11(9-1-2-9)3-4-16-13(12)8-23-24-16/h3-6,8-9H,1-2,7H2,(H,22,25)(H,23,24). The summed E-state index contributed by atoms with van der Waals surface area (Å²) in [5.41, 5.74) is 3.34. The fraction of sp³-hybridized carbons (Fsp3) is 0.222. The van der Waals surface area contributed by atoms with Gasteiger partial charge in [-0.15, -0.1) is 0 Å². The van der Waals surface area contributed by atoms with Gasteiger partial charge in [0.25, 0.3) is 5.91 Å². The molecule has 2 aromatic carbocycles. The Bertz CT molecular complexity index is 959. The van der Waals surface area contributed by atoms with Crippen LogP contribution in [0.1, 0.15) is 40.2 Å². The normalized spacial score (nSPS) is 14.0. The number of hydrogen-bond acceptors (Lipinski definition) is 2. The lowest BCUT2D eigenvalue weighted by Gasteiger charge is -2.12. The van der Waals surface area contributed by atoms with Gasteiger partial charge in [0.15, 0.2) is 0 Å². The van der Waals surface area contributed by atoms with E-state index in [2.05, 4.69) is 21.6 Å². The lowest BCUT2D eigenvalue weighted by molar-refractivity contribution is 0.0950. The highest BCUT2D eigenvalue weighted by molar-refractivity contribution is 6.42. The van der Waals surface area contributed by atoms with E-state index in [1.54, 1.807) is 6.20 Å². The van der Waals surface area contributed by atoms with Crippen LogP contribution in [-0.4, -0.2) is 16.1 Å². The Morgan fingerprint density at radius 2 is 2.12 bits per heavy atom. The van der Waals surface area contributed by atoms with Crippen molar-refractivity contribution in [1.82, 2.24) is 15.5 Å². The molecule has 7 heteroatoms. The smallest absolute Gasteiger partial charge is 0.251 e. The summed E-state index contributed by atoms with van der Waals surface area (Å²) in [6, 6.07) is 6.54. The molecule has 25 heavy (non-hydrogen) atoms. The van der Waals surface area contributed by atoms with Crippen LogP contribution in [-0.2, 0) is 6.54 Å². The van der Waals surface area contributed by atoms with Crippen LogP contribution in [0, 0.1) is 5.82 Å². The van der Waals surface area contributed by atoms with Crippen LogP contribution in [0.4, 0.5) is 4.39 Å². The zero-order valence-corrected chi connectivity index (χ0v) is 14.6. The SMILES string of the molecule is O=C(NCc1c(C2CC2)ccc2[nH]ncc12)c1cc(F)c(Cl)c(Cl)c1. The zero-order chi connectivity index (χ0) is 17.6. The maximum atomic E-state index is 13.7. The lowest BCUT2D eigenvalue weighted by Crippen LogP contribution is -2.23. The average Bonchev–Trinajstić information content (AvgIpc) is 3.33. The molecule has 1 heterocycles. The molecule has 128 valence electrons. The van der Waals surface area contributed by atoms with E-state index < -0.39 is 11.7 Å². The van der Waals surface area contributed by atoms with Crippen LogP contribution in [0.5, 0.6) is 0 Å². The monoisotopic (exact) mass is 377 g/mol. The molecule has 1 fully saturated rings. The molecule has 0 radical (unpaired) electrons. The second-order valence-corrected chi connectivity index (χ2v) is 6.96. The molecule has 0 saturated heterocycles. The minimum atomic E-state index is -0.713. The van der Waals surface area contributed by atoms with Crippen LogP contribution >= 0.6 is 23.2 Å². The Morgan fingerprint density at radius 1 is 1.32 bits per heavy atom. The molecule has 0 atom stereocenters. The van der Waals surface area contributed by atoms with Crippen molar-refractivity contribution in [2.24, 2.45) is 0 Å². The molecule has 1 amide bonds. The van der Waals surface area contributed by atoms with Crippen LogP contribution in [0.15, 0.2) is 30.5 Å². The Hall–Kier alpha value is -2.11. The van der Waals surface area contributed by atoms with Crippen LogP contribution in [0.2, 0.25) is 10.0 Å². The number of benzene rings is 2. The third kappa shape index (κ3) is 3.10. The number of nitrogens with zero attached hydrogens (tertiary/aromatic N) is 1. The number of aromatic nitrogens is 2. The quantitative estimate of drug-likeness (QED) is 0.640. The molecule has 4 nitrogen and oxygen atoms in total. The molecule has 3 aromatic rings. The molecular formula is C18H14Cl2FN3O. The number of amides is 1. The van der Waals surface area contributed by atoms with Crippen molar-refractivity contribution in [3.05, 3.63) is 63.0 Å². The van der Waals surface area contributed by atoms with Crippen molar-refractivity contribution < 1.29 is 9.18 Å². The molecule has 0 spiro atoms. The Kier molecular flexibility index (Phi) is 4.13. The van der Waals surface area contributed by atoms with Gasteiger partial charge in [-0.1, -0.05) is 29.3 Å². The zero-order valence-electron chi connectivity index (χ0n) is 13.1. The van der Waals surface area contributed by atoms with E-state index in [9.17, 15) is 9.18 Å². The Labute approximate surface area is 153 Å². The largest absolute Gasteiger partial charge is 0.348 e. The minimum absolute atomic E-state index is 0.0161. The number of aromatic amines is 1. The highest BCUT2D eigenvalue weighted by atomic mass is 35.5. The Morgan fingerprint density at radius 3 is 2.84 bits per heavy atom. The van der Waals surface area contributed by atoms with Crippen LogP contribution < -0.4 is 5.32 Å². The number of halogens is 3. The van der Waals surface area contributed by atoms with Crippen molar-refractivity contribution >= 4 is 40.0 Å². The number of hydrogen-bond donors (Lipinski definition) is 2. The first-order valence-electron chi connectivity index (χ1n) is 7.92. The molecule has 0 unspecified atom stereocenters. The highest BCUT2D eigenvalue weighted by Gasteiger charge is 2.27. The summed E-state index contributed by atoms with van der Waals surface area (Å²) in [7, 11) is 0. The summed E-state index contributed by atoms with van der Waals surface area (Å²) >= 11 is 11.5. The fourth-order valence-corrected chi connectivity index (χ4v) is 3.34. The second kappa shape index (κ2) is 6.32. The van der Waals surface area contributed by atoms with Gasteiger partial charge in [-0.3, -0.25) is 9.89 Å². The van der Waals surface area contributed by atoms with Crippen molar-refractivity contribution in [3.8, 4) is 0 Å². The molecule has 1 saturated carbocycles. The summed E-state index contributed by atoms with van der Waals surface area (Å²) < 4.78 is 13.7. The van der Waals surface area contributed by atoms with Gasteiger partial charge in [0.05, 0.1) is 21.8 Å². The maximum Gasteiger partial charge on any atom is 0.251 e. The average molecular weight is 378 g/mol. The van der Waals surface area contributed by atoms with Crippen molar-refractivity contribution in [3.63, 3.8) is 0 Å². The maximum absolute atomic E-state index is 13.7. The molecule has 4 rings (SSSR count). The third-order valence-corrected chi connectivity index (χ3v) is 5.24. The van der Waals surface area contributed by atoms with Gasteiger partial charge in [0.2, 0.25) is 0 Å². The number of H-pyrrole nitrogens is 1. The predicted octanol–water partition coefficient (Wildman–Crippen LogP) is 4.82. The van der Waals surface area contributed by atoms with E-state index >= 15 is 0 Å². The van der Waals surface area contributed by atoms with E-state index in [0.717, 1.165) is 35.4 Å². The lowest BCUT2D eigenvalue weighted by atomic mass is 9.99. The molecule has 1 aromatic heterocycles. The van der Waals surface area contributed by atoms with E-state index in [1.165, 1.54) is 11.6 Å². The number of rotatable bonds is 4. The van der Waals surface area contributed by atoms with E-state index in [0.29, 0.717) is 12.5 Å². The molecule has 0 aliphatic heterocycles. The molecule has 1 aliphatic carbocycles. The summed E-state index contributed by atoms with van der Waals surface area (Å²) in [6.45, 7) is 0.337. The van der Waals surface area contributed by atoms with Crippen molar-refractivity contribution in [1.29, 1.82) is 0 Å². The summed E-state index contributed by atoms with van der Waals surface area (Å²) in [4.78, 5) is 12.4. The number of carbonyl (C=O) groups is 1. The summed E-state index contributed by atoms with van der Waals surface area (Å²) in [5, 5.41) is 10.7. The molecule has 0 bridgehead atoms. The van der Waals surface area contributed by atoms with Gasteiger partial charge < -0.3 is 5.32 Å². The van der Waals surface area contributed by atoms with E-state index in [-0.39, 0.29) is 15.6 Å². The van der Waals surface area contributed by atoms with E-state index in [4.69, 9.17) is 23.2 Å². The van der Waals surface area contributed by atoms with Gasteiger partial charge in [-0.25, -0.2) is 4.39 Å². The molecule has 1 aliphatic rings. The second-order valence-electron chi connectivity index (χ2n) is 6.18. The summed E-state index contributed by atoms with van der Waals surface area (Å²) in [5.74, 6) is -0.580. The van der Waals surface area contributed by atoms with E-state index in [1.807, 2.05) is 6.07 Å². The summed E-state index contributed by atoms with van der Waals surface area (Å²) in [6.07, 6.45) is 4.08. The molecular weight excluding hydrogens is 364 g/mol. The topological polar surface area (TPSA) is 57.8 Å². The predicted molar refractivity (Wildman–Crippen MR) is 95.7 cm³/mol.